The first-order chi connectivity index (χ1) is 10.7. The van der Waals surface area contributed by atoms with Crippen molar-refractivity contribution in [3.63, 3.8) is 0 Å². The van der Waals surface area contributed by atoms with E-state index in [-0.39, 0.29) is 17.0 Å². The van der Waals surface area contributed by atoms with Gasteiger partial charge in [0.25, 0.3) is 0 Å². The average molecular weight is 316 g/mol. The number of hydrogen-bond acceptors (Lipinski definition) is 5. The molecule has 2 heterocycles. The van der Waals surface area contributed by atoms with Gasteiger partial charge in [-0.3, -0.25) is 0 Å². The van der Waals surface area contributed by atoms with Crippen LogP contribution in [0.1, 0.15) is 45.2 Å². The fourth-order valence-electron chi connectivity index (χ4n) is 2.49. The Bertz CT molecular complexity index is 731. The number of ether oxygens (including phenoxy) is 1. The highest BCUT2D eigenvalue weighted by Crippen LogP contribution is 2.36. The van der Waals surface area contributed by atoms with E-state index in [1.54, 1.807) is 13.0 Å². The zero-order chi connectivity index (χ0) is 16.8. The minimum Gasteiger partial charge on any atom is -0.460 e. The standard InChI is InChI=1S/C17H21BO5/c1-6-20-15(19)14-10-11-9-12(7-8-13(11)21-14)18-22-16(2,3)17(4,5)23-18/h7-10H,6H2,1-5H3. The molecule has 0 N–H and O–H groups in total. The maximum atomic E-state index is 11.8. The van der Waals surface area contributed by atoms with E-state index in [0.717, 1.165) is 10.8 Å². The highest BCUT2D eigenvalue weighted by atomic mass is 16.7. The van der Waals surface area contributed by atoms with E-state index in [2.05, 4.69) is 0 Å². The van der Waals surface area contributed by atoms with Crippen LogP contribution in [0.25, 0.3) is 11.0 Å². The van der Waals surface area contributed by atoms with Gasteiger partial charge in [-0.05, 0) is 52.2 Å². The highest BCUT2D eigenvalue weighted by molar-refractivity contribution is 6.62. The third kappa shape index (κ3) is 2.77. The van der Waals surface area contributed by atoms with E-state index in [9.17, 15) is 4.79 Å². The Morgan fingerprint density at radius 1 is 1.13 bits per heavy atom. The summed E-state index contributed by atoms with van der Waals surface area (Å²) in [5, 5.41) is 0.820. The summed E-state index contributed by atoms with van der Waals surface area (Å²) in [6.45, 7) is 10.1. The van der Waals surface area contributed by atoms with Gasteiger partial charge in [0, 0.05) is 5.39 Å². The van der Waals surface area contributed by atoms with Gasteiger partial charge in [0.1, 0.15) is 5.58 Å². The Kier molecular flexibility index (Phi) is 3.77. The van der Waals surface area contributed by atoms with Gasteiger partial charge in [-0.1, -0.05) is 12.1 Å². The summed E-state index contributed by atoms with van der Waals surface area (Å²) < 4.78 is 22.6. The first-order valence-corrected chi connectivity index (χ1v) is 7.80. The fraction of sp³-hybridized carbons (Fsp3) is 0.471. The Hall–Kier alpha value is -1.79. The number of hydrogen-bond donors (Lipinski definition) is 0. The Morgan fingerprint density at radius 2 is 1.78 bits per heavy atom. The molecule has 1 aromatic heterocycles. The normalized spacial score (nSPS) is 19.3. The van der Waals surface area contributed by atoms with Crippen LogP contribution in [-0.4, -0.2) is 30.9 Å². The van der Waals surface area contributed by atoms with Gasteiger partial charge in [-0.15, -0.1) is 0 Å². The van der Waals surface area contributed by atoms with Gasteiger partial charge >= 0.3 is 13.1 Å². The molecule has 0 aliphatic carbocycles. The second-order valence-corrected chi connectivity index (χ2v) is 6.72. The quantitative estimate of drug-likeness (QED) is 0.644. The molecule has 1 aliphatic rings. The van der Waals surface area contributed by atoms with Crippen molar-refractivity contribution in [2.45, 2.75) is 45.8 Å². The summed E-state index contributed by atoms with van der Waals surface area (Å²) in [6.07, 6.45) is 0. The maximum Gasteiger partial charge on any atom is 0.494 e. The molecule has 1 aliphatic heterocycles. The topological polar surface area (TPSA) is 57.9 Å². The van der Waals surface area contributed by atoms with E-state index in [0.29, 0.717) is 12.2 Å². The maximum absolute atomic E-state index is 11.8. The van der Waals surface area contributed by atoms with Crippen molar-refractivity contribution in [1.82, 2.24) is 0 Å². The second-order valence-electron chi connectivity index (χ2n) is 6.72. The molecule has 1 fully saturated rings. The van der Waals surface area contributed by atoms with Crippen molar-refractivity contribution < 1.29 is 23.3 Å². The summed E-state index contributed by atoms with van der Waals surface area (Å²) in [5.74, 6) is -0.256. The van der Waals surface area contributed by atoms with E-state index < -0.39 is 13.1 Å². The molecule has 2 aromatic rings. The van der Waals surface area contributed by atoms with Crippen LogP contribution in [0.3, 0.4) is 0 Å². The first-order valence-electron chi connectivity index (χ1n) is 7.80. The fourth-order valence-corrected chi connectivity index (χ4v) is 2.49. The van der Waals surface area contributed by atoms with Crippen molar-refractivity contribution in [2.75, 3.05) is 6.61 Å². The lowest BCUT2D eigenvalue weighted by molar-refractivity contribution is 0.00578. The van der Waals surface area contributed by atoms with Crippen LogP contribution in [0, 0.1) is 0 Å². The largest absolute Gasteiger partial charge is 0.494 e. The molecule has 0 spiro atoms. The average Bonchev–Trinajstić information content (AvgIpc) is 2.97. The number of rotatable bonds is 3. The molecule has 5 nitrogen and oxygen atoms in total. The predicted octanol–water partition coefficient (Wildman–Crippen LogP) is 2.91. The SMILES string of the molecule is CCOC(=O)c1cc2cc(B3OC(C)(C)C(C)(C)O3)ccc2o1. The van der Waals surface area contributed by atoms with Crippen molar-refractivity contribution >= 4 is 29.5 Å². The van der Waals surface area contributed by atoms with Crippen LogP contribution in [0.4, 0.5) is 0 Å². The van der Waals surface area contributed by atoms with Crippen LogP contribution in [0.5, 0.6) is 0 Å². The molecule has 122 valence electrons. The van der Waals surface area contributed by atoms with Crippen molar-refractivity contribution in [3.8, 4) is 0 Å². The van der Waals surface area contributed by atoms with E-state index in [1.807, 2.05) is 45.9 Å². The third-order valence-electron chi connectivity index (χ3n) is 4.54. The Balaban J connectivity index is 1.91. The molecular formula is C17H21BO5. The zero-order valence-electron chi connectivity index (χ0n) is 14.1. The summed E-state index contributed by atoms with van der Waals surface area (Å²) in [4.78, 5) is 11.8. The second kappa shape index (κ2) is 5.39. The predicted molar refractivity (Wildman–Crippen MR) is 87.9 cm³/mol. The lowest BCUT2D eigenvalue weighted by Gasteiger charge is -2.32. The minimum atomic E-state index is -0.458. The molecule has 0 radical (unpaired) electrons. The van der Waals surface area contributed by atoms with Crippen molar-refractivity contribution in [1.29, 1.82) is 0 Å². The van der Waals surface area contributed by atoms with Gasteiger partial charge in [-0.2, -0.15) is 0 Å². The molecule has 3 rings (SSSR count). The molecule has 0 saturated carbocycles. The Morgan fingerprint density at radius 3 is 2.39 bits per heavy atom. The van der Waals surface area contributed by atoms with Gasteiger partial charge in [0.05, 0.1) is 17.8 Å². The van der Waals surface area contributed by atoms with Crippen LogP contribution >= 0.6 is 0 Å². The van der Waals surface area contributed by atoms with Crippen LogP contribution in [-0.2, 0) is 14.0 Å². The molecule has 0 bridgehead atoms. The zero-order valence-corrected chi connectivity index (χ0v) is 14.1. The molecule has 0 atom stereocenters. The number of furan rings is 1. The van der Waals surface area contributed by atoms with Crippen molar-refractivity contribution in [3.05, 3.63) is 30.0 Å². The number of carbonyl (C=O) groups excluding carboxylic acids is 1. The Labute approximate surface area is 136 Å². The molecule has 0 amide bonds. The van der Waals surface area contributed by atoms with Crippen molar-refractivity contribution in [2.24, 2.45) is 0 Å². The smallest absolute Gasteiger partial charge is 0.460 e. The molecular weight excluding hydrogens is 295 g/mol. The summed E-state index contributed by atoms with van der Waals surface area (Å²) in [6, 6.07) is 7.31. The van der Waals surface area contributed by atoms with Crippen LogP contribution < -0.4 is 5.46 Å². The molecule has 23 heavy (non-hydrogen) atoms. The third-order valence-corrected chi connectivity index (χ3v) is 4.54. The van der Waals surface area contributed by atoms with E-state index in [1.165, 1.54) is 0 Å². The first kappa shape index (κ1) is 16.1. The van der Waals surface area contributed by atoms with Gasteiger partial charge in [-0.25, -0.2) is 4.79 Å². The van der Waals surface area contributed by atoms with Gasteiger partial charge in [0.2, 0.25) is 5.76 Å². The van der Waals surface area contributed by atoms with Gasteiger partial charge < -0.3 is 18.5 Å². The number of esters is 1. The molecule has 1 aromatic carbocycles. The van der Waals surface area contributed by atoms with E-state index >= 15 is 0 Å². The van der Waals surface area contributed by atoms with E-state index in [4.69, 9.17) is 18.5 Å². The lowest BCUT2D eigenvalue weighted by Crippen LogP contribution is -2.41. The minimum absolute atomic E-state index is 0.202. The molecule has 0 unspecified atom stereocenters. The van der Waals surface area contributed by atoms with Crippen LogP contribution in [0.2, 0.25) is 0 Å². The molecule has 6 heteroatoms. The summed E-state index contributed by atoms with van der Waals surface area (Å²) in [7, 11) is -0.439. The summed E-state index contributed by atoms with van der Waals surface area (Å²) >= 11 is 0. The monoisotopic (exact) mass is 316 g/mol. The number of carbonyl (C=O) groups is 1. The van der Waals surface area contributed by atoms with Crippen LogP contribution in [0.15, 0.2) is 28.7 Å². The van der Waals surface area contributed by atoms with Gasteiger partial charge in [0.15, 0.2) is 0 Å². The summed E-state index contributed by atoms with van der Waals surface area (Å²) in [5.41, 5.74) is 0.749. The number of benzene rings is 1. The number of fused-ring (bicyclic) bond motifs is 1. The highest BCUT2D eigenvalue weighted by Gasteiger charge is 2.51. The molecule has 1 saturated heterocycles. The lowest BCUT2D eigenvalue weighted by atomic mass is 9.79.